The van der Waals surface area contributed by atoms with E-state index in [1.54, 1.807) is 0 Å². The second kappa shape index (κ2) is 14.7. The van der Waals surface area contributed by atoms with Crippen LogP contribution in [-0.4, -0.2) is 58.3 Å². The van der Waals surface area contributed by atoms with Gasteiger partial charge < -0.3 is 10.4 Å². The van der Waals surface area contributed by atoms with Gasteiger partial charge in [0.1, 0.15) is 6.04 Å². The number of unbranched alkanes of at least 4 members (excludes halogenated alkanes) is 6. The predicted octanol–water partition coefficient (Wildman–Crippen LogP) is 1.98. The number of carbonyl (C=O) groups excluding carboxylic acids is 1. The van der Waals surface area contributed by atoms with Gasteiger partial charge in [0.15, 0.2) is 0 Å². The molecule has 4 nitrogen and oxygen atoms in total. The molecule has 0 aliphatic rings. The van der Waals surface area contributed by atoms with Gasteiger partial charge in [-0.1, -0.05) is 45.4 Å². The molecule has 0 bridgehead atoms. The van der Waals surface area contributed by atoms with Crippen molar-refractivity contribution in [2.45, 2.75) is 64.3 Å². The molecule has 1 unspecified atom stereocenters. The Hall–Kier alpha value is 0.290. The average molecular weight is 299 g/mol. The number of thiol groups is 1. The molecule has 19 heavy (non-hydrogen) atoms. The van der Waals surface area contributed by atoms with Gasteiger partial charge >= 0.3 is 35.5 Å². The van der Waals surface area contributed by atoms with E-state index in [0.717, 1.165) is 19.3 Å². The van der Waals surface area contributed by atoms with Gasteiger partial charge in [0, 0.05) is 12.2 Å². The van der Waals surface area contributed by atoms with Crippen LogP contribution in [0.1, 0.15) is 58.3 Å². The zero-order chi connectivity index (χ0) is 13.8. The molecular weight excluding hydrogens is 273 g/mol. The summed E-state index contributed by atoms with van der Waals surface area (Å²) < 4.78 is 0. The third-order valence-corrected chi connectivity index (χ3v) is 3.19. The molecule has 0 heterocycles. The first-order valence-electron chi connectivity index (χ1n) is 6.74. The summed E-state index contributed by atoms with van der Waals surface area (Å²) in [4.78, 5) is 22.1. The molecular formula is C13H26NNaO3S. The monoisotopic (exact) mass is 299 g/mol. The molecule has 1 amide bonds. The van der Waals surface area contributed by atoms with Crippen molar-refractivity contribution in [1.29, 1.82) is 0 Å². The molecule has 0 saturated heterocycles. The maximum absolute atomic E-state index is 11.4. The van der Waals surface area contributed by atoms with Crippen LogP contribution in [0.3, 0.4) is 0 Å². The minimum absolute atomic E-state index is 0. The molecule has 0 spiro atoms. The number of hydrogen-bond donors (Lipinski definition) is 3. The average Bonchev–Trinajstić information content (AvgIpc) is 2.34. The Kier molecular flexibility index (Phi) is 16.7. The molecule has 0 aromatic heterocycles. The molecule has 0 rings (SSSR count). The number of amides is 1. The first-order valence-corrected chi connectivity index (χ1v) is 7.38. The van der Waals surface area contributed by atoms with Crippen LogP contribution >= 0.6 is 12.6 Å². The normalized spacial score (nSPS) is 11.5. The zero-order valence-electron chi connectivity index (χ0n) is 11.2. The van der Waals surface area contributed by atoms with Gasteiger partial charge in [0.25, 0.3) is 0 Å². The van der Waals surface area contributed by atoms with Crippen molar-refractivity contribution >= 4 is 54.1 Å². The van der Waals surface area contributed by atoms with Crippen molar-refractivity contribution in [2.75, 3.05) is 5.75 Å². The summed E-state index contributed by atoms with van der Waals surface area (Å²) in [5.41, 5.74) is 0. The van der Waals surface area contributed by atoms with Crippen molar-refractivity contribution in [3.63, 3.8) is 0 Å². The molecule has 2 N–H and O–H groups in total. The zero-order valence-corrected chi connectivity index (χ0v) is 12.0. The molecule has 0 saturated carbocycles. The Bertz CT molecular complexity index is 252. The molecule has 6 heteroatoms. The van der Waals surface area contributed by atoms with Gasteiger partial charge in [-0.2, -0.15) is 12.6 Å². The van der Waals surface area contributed by atoms with Crippen molar-refractivity contribution in [3.8, 4) is 0 Å². The van der Waals surface area contributed by atoms with Crippen LogP contribution in [0.15, 0.2) is 0 Å². The number of carboxylic acids is 1. The summed E-state index contributed by atoms with van der Waals surface area (Å²) in [5.74, 6) is -1.10. The van der Waals surface area contributed by atoms with E-state index >= 15 is 0 Å². The molecule has 0 fully saturated rings. The van der Waals surface area contributed by atoms with E-state index < -0.39 is 12.0 Å². The van der Waals surface area contributed by atoms with Gasteiger partial charge in [-0.05, 0) is 6.42 Å². The number of aliphatic carboxylic acids is 1. The Labute approximate surface area is 143 Å². The Balaban J connectivity index is 0. The van der Waals surface area contributed by atoms with Crippen LogP contribution in [0.5, 0.6) is 0 Å². The second-order valence-corrected chi connectivity index (χ2v) is 4.88. The summed E-state index contributed by atoms with van der Waals surface area (Å²) in [7, 11) is 0. The third-order valence-electron chi connectivity index (χ3n) is 2.82. The Morgan fingerprint density at radius 2 is 1.63 bits per heavy atom. The fourth-order valence-corrected chi connectivity index (χ4v) is 1.94. The van der Waals surface area contributed by atoms with E-state index in [1.165, 1.54) is 25.7 Å². The van der Waals surface area contributed by atoms with E-state index in [-0.39, 0.29) is 41.2 Å². The van der Waals surface area contributed by atoms with Crippen LogP contribution < -0.4 is 5.32 Å². The number of hydrogen-bond acceptors (Lipinski definition) is 3. The van der Waals surface area contributed by atoms with E-state index in [0.29, 0.717) is 6.42 Å². The SMILES string of the molecule is CCCCCCCCCC(=O)NC(CS)C(=O)O.[NaH]. The van der Waals surface area contributed by atoms with Crippen molar-refractivity contribution in [2.24, 2.45) is 0 Å². The molecule has 0 radical (unpaired) electrons. The van der Waals surface area contributed by atoms with Gasteiger partial charge in [0.05, 0.1) is 0 Å². The van der Waals surface area contributed by atoms with Crippen LogP contribution in [0.2, 0.25) is 0 Å². The van der Waals surface area contributed by atoms with Gasteiger partial charge in [-0.15, -0.1) is 0 Å². The molecule has 0 aromatic rings. The topological polar surface area (TPSA) is 66.4 Å². The number of rotatable bonds is 11. The van der Waals surface area contributed by atoms with Crippen LogP contribution in [0.25, 0.3) is 0 Å². The summed E-state index contributed by atoms with van der Waals surface area (Å²) >= 11 is 3.89. The van der Waals surface area contributed by atoms with Crippen molar-refractivity contribution in [3.05, 3.63) is 0 Å². The molecule has 1 atom stereocenters. The predicted molar refractivity (Wildman–Crippen MR) is 83.2 cm³/mol. The summed E-state index contributed by atoms with van der Waals surface area (Å²) in [6.07, 6.45) is 8.44. The first-order chi connectivity index (χ1) is 8.61. The fraction of sp³-hybridized carbons (Fsp3) is 0.846. The Morgan fingerprint density at radius 1 is 1.11 bits per heavy atom. The quantitative estimate of drug-likeness (QED) is 0.310. The van der Waals surface area contributed by atoms with E-state index in [4.69, 9.17) is 5.11 Å². The van der Waals surface area contributed by atoms with Crippen LogP contribution in [0, 0.1) is 0 Å². The number of carboxylic acid groups (broad SMARTS) is 1. The summed E-state index contributed by atoms with van der Waals surface area (Å²) in [5, 5.41) is 11.2. The molecule has 0 aromatic carbocycles. The second-order valence-electron chi connectivity index (χ2n) is 4.51. The van der Waals surface area contributed by atoms with Gasteiger partial charge in [-0.25, -0.2) is 4.79 Å². The molecule has 0 aliphatic carbocycles. The van der Waals surface area contributed by atoms with E-state index in [9.17, 15) is 9.59 Å². The molecule has 108 valence electrons. The van der Waals surface area contributed by atoms with Crippen molar-refractivity contribution < 1.29 is 14.7 Å². The fourth-order valence-electron chi connectivity index (χ4n) is 1.69. The number of carbonyl (C=O) groups is 2. The van der Waals surface area contributed by atoms with Crippen LogP contribution in [0.4, 0.5) is 0 Å². The maximum atomic E-state index is 11.4. The van der Waals surface area contributed by atoms with Crippen molar-refractivity contribution in [1.82, 2.24) is 5.32 Å². The molecule has 0 aliphatic heterocycles. The van der Waals surface area contributed by atoms with Gasteiger partial charge in [0.2, 0.25) is 5.91 Å². The summed E-state index contributed by atoms with van der Waals surface area (Å²) in [6, 6.07) is -0.870. The van der Waals surface area contributed by atoms with E-state index in [1.807, 2.05) is 0 Å². The number of nitrogens with one attached hydrogen (secondary N) is 1. The van der Waals surface area contributed by atoms with Gasteiger partial charge in [-0.3, -0.25) is 4.79 Å². The first kappa shape index (κ1) is 21.6. The summed E-state index contributed by atoms with van der Waals surface area (Å²) in [6.45, 7) is 2.19. The standard InChI is InChI=1S/C13H25NO3S.Na.H/c1-2-3-4-5-6-7-8-9-12(15)14-11(10-18)13(16)17;;/h11,18H,2-10H2,1H3,(H,14,15)(H,16,17);;. The third kappa shape index (κ3) is 13.0. The Morgan fingerprint density at radius 3 is 2.11 bits per heavy atom. The minimum atomic E-state index is -1.03. The van der Waals surface area contributed by atoms with E-state index in [2.05, 4.69) is 24.9 Å². The van der Waals surface area contributed by atoms with Crippen LogP contribution in [-0.2, 0) is 9.59 Å².